The van der Waals surface area contributed by atoms with Gasteiger partial charge in [-0.15, -0.1) is 0 Å². The quantitative estimate of drug-likeness (QED) is 0.320. The monoisotopic (exact) mass is 393 g/mol. The number of hydrazone groups is 1. The van der Waals surface area contributed by atoms with Gasteiger partial charge in [0.25, 0.3) is 5.56 Å². The minimum atomic E-state index is -0.708. The van der Waals surface area contributed by atoms with E-state index in [4.69, 9.17) is 9.47 Å². The number of ether oxygens (including phenoxy) is 2. The zero-order valence-electron chi connectivity index (χ0n) is 14.8. The predicted molar refractivity (Wildman–Crippen MR) is 101 cm³/mol. The molecule has 0 fully saturated rings. The second kappa shape index (κ2) is 10.2. The number of nitrogens with zero attached hydrogens (tertiary/aromatic N) is 2. The highest BCUT2D eigenvalue weighted by atomic mass is 32.2. The number of hydrogen-bond donors (Lipinski definition) is 3. The number of rotatable bonds is 9. The number of aromatic nitrogens is 3. The fraction of sp³-hybridized carbons (Fsp3) is 0.312. The number of H-pyrrole nitrogens is 2. The molecule has 0 unspecified atom stereocenters. The number of aromatic amines is 2. The van der Waals surface area contributed by atoms with Crippen molar-refractivity contribution in [3.63, 3.8) is 0 Å². The highest BCUT2D eigenvalue weighted by Gasteiger charge is 2.08. The van der Waals surface area contributed by atoms with Crippen molar-refractivity contribution in [3.05, 3.63) is 44.6 Å². The molecule has 1 heterocycles. The van der Waals surface area contributed by atoms with Gasteiger partial charge in [0.1, 0.15) is 0 Å². The fourth-order valence-electron chi connectivity index (χ4n) is 1.88. The van der Waals surface area contributed by atoms with Crippen molar-refractivity contribution < 1.29 is 14.3 Å². The van der Waals surface area contributed by atoms with E-state index in [9.17, 15) is 14.4 Å². The molecule has 1 aromatic carbocycles. The first-order valence-electron chi connectivity index (χ1n) is 7.98. The molecule has 0 radical (unpaired) electrons. The lowest BCUT2D eigenvalue weighted by atomic mass is 10.2. The van der Waals surface area contributed by atoms with Gasteiger partial charge in [-0.1, -0.05) is 18.7 Å². The van der Waals surface area contributed by atoms with Gasteiger partial charge in [0.2, 0.25) is 5.91 Å². The van der Waals surface area contributed by atoms with Crippen LogP contribution in [-0.4, -0.2) is 46.8 Å². The summed E-state index contributed by atoms with van der Waals surface area (Å²) >= 11 is 0.879. The van der Waals surface area contributed by atoms with Crippen LogP contribution in [0.4, 0.5) is 0 Å². The van der Waals surface area contributed by atoms with E-state index >= 15 is 0 Å². The molecule has 27 heavy (non-hydrogen) atoms. The molecule has 0 spiro atoms. The third-order valence-electron chi connectivity index (χ3n) is 3.07. The Kier molecular flexibility index (Phi) is 7.62. The Bertz CT molecular complexity index is 924. The van der Waals surface area contributed by atoms with Gasteiger partial charge in [-0.2, -0.15) is 10.2 Å². The molecule has 0 saturated carbocycles. The van der Waals surface area contributed by atoms with Gasteiger partial charge in [-0.25, -0.2) is 15.3 Å². The number of benzene rings is 1. The van der Waals surface area contributed by atoms with E-state index in [2.05, 4.69) is 20.7 Å². The van der Waals surface area contributed by atoms with E-state index in [1.807, 2.05) is 11.9 Å². The second-order valence-corrected chi connectivity index (χ2v) is 6.12. The Morgan fingerprint density at radius 3 is 2.89 bits per heavy atom. The molecule has 144 valence electrons. The van der Waals surface area contributed by atoms with Crippen molar-refractivity contribution >= 4 is 23.9 Å². The van der Waals surface area contributed by atoms with E-state index in [1.165, 1.54) is 6.21 Å². The molecule has 0 atom stereocenters. The molecule has 2 rings (SSSR count). The molecule has 10 nitrogen and oxygen atoms in total. The first-order valence-corrected chi connectivity index (χ1v) is 8.96. The van der Waals surface area contributed by atoms with Crippen molar-refractivity contribution in [2.24, 2.45) is 5.10 Å². The maximum absolute atomic E-state index is 11.8. The molecule has 3 N–H and O–H groups in total. The van der Waals surface area contributed by atoms with Crippen LogP contribution < -0.4 is 26.1 Å². The van der Waals surface area contributed by atoms with E-state index in [0.717, 1.165) is 18.2 Å². The summed E-state index contributed by atoms with van der Waals surface area (Å²) in [5, 5.41) is 9.51. The smallest absolute Gasteiger partial charge is 0.342 e. The maximum Gasteiger partial charge on any atom is 0.342 e. The molecule has 0 aliphatic rings. The van der Waals surface area contributed by atoms with Crippen LogP contribution in [0.1, 0.15) is 18.9 Å². The fourth-order valence-corrected chi connectivity index (χ4v) is 2.50. The summed E-state index contributed by atoms with van der Waals surface area (Å²) in [5.41, 5.74) is 1.70. The van der Waals surface area contributed by atoms with Crippen LogP contribution in [0.25, 0.3) is 0 Å². The summed E-state index contributed by atoms with van der Waals surface area (Å²) in [5.74, 6) is 0.681. The van der Waals surface area contributed by atoms with Crippen molar-refractivity contribution in [2.75, 3.05) is 19.5 Å². The lowest BCUT2D eigenvalue weighted by Gasteiger charge is -2.10. The highest BCUT2D eigenvalue weighted by Crippen LogP contribution is 2.27. The number of thioether (sulfide) groups is 1. The lowest BCUT2D eigenvalue weighted by molar-refractivity contribution is -0.118. The summed E-state index contributed by atoms with van der Waals surface area (Å²) in [6.45, 7) is 2.56. The Hall–Kier alpha value is -3.08. The summed E-state index contributed by atoms with van der Waals surface area (Å²) < 4.78 is 10.8. The normalized spacial score (nSPS) is 10.7. The van der Waals surface area contributed by atoms with E-state index in [1.54, 1.807) is 25.3 Å². The van der Waals surface area contributed by atoms with Crippen LogP contribution in [0.2, 0.25) is 0 Å². The van der Waals surface area contributed by atoms with Crippen LogP contribution in [-0.2, 0) is 4.79 Å². The third-order valence-corrected chi connectivity index (χ3v) is 4.03. The van der Waals surface area contributed by atoms with Gasteiger partial charge in [0.05, 0.1) is 25.7 Å². The number of carbonyl (C=O) groups excluding carboxylic acids is 1. The van der Waals surface area contributed by atoms with Crippen LogP contribution in [0.3, 0.4) is 0 Å². The molecular formula is C16H19N5O5S. The van der Waals surface area contributed by atoms with Crippen molar-refractivity contribution in [1.82, 2.24) is 20.6 Å². The summed E-state index contributed by atoms with van der Waals surface area (Å²) in [6, 6.07) is 5.27. The number of nitrogens with one attached hydrogen (secondary N) is 3. The average Bonchev–Trinajstić information content (AvgIpc) is 2.65. The van der Waals surface area contributed by atoms with Crippen molar-refractivity contribution in [1.29, 1.82) is 0 Å². The first-order chi connectivity index (χ1) is 13.0. The summed E-state index contributed by atoms with van der Waals surface area (Å²) in [4.78, 5) is 36.2. The Morgan fingerprint density at radius 1 is 1.37 bits per heavy atom. The molecular weight excluding hydrogens is 374 g/mol. The minimum absolute atomic E-state index is 0.0124. The maximum atomic E-state index is 11.8. The largest absolute Gasteiger partial charge is 0.493 e. The molecule has 2 aromatic rings. The van der Waals surface area contributed by atoms with Crippen LogP contribution in [0, 0.1) is 0 Å². The zero-order valence-corrected chi connectivity index (χ0v) is 15.6. The molecule has 11 heteroatoms. The third kappa shape index (κ3) is 6.29. The SMILES string of the molecule is CCCOc1cc(/C=N/NC(=O)CSc2n[nH]c(=O)[nH]c2=O)ccc1OC. The van der Waals surface area contributed by atoms with Gasteiger partial charge in [0.15, 0.2) is 16.5 Å². The molecule has 1 amide bonds. The van der Waals surface area contributed by atoms with Gasteiger partial charge in [-0.3, -0.25) is 14.6 Å². The van der Waals surface area contributed by atoms with E-state index in [0.29, 0.717) is 23.7 Å². The standard InChI is InChI=1S/C16H19N5O5S/c1-3-6-26-12-7-10(4-5-11(12)25-2)8-17-19-13(22)9-27-15-14(23)18-16(24)21-20-15/h4-5,7-8H,3,6,9H2,1-2H3,(H,19,22)(H2,18,21,23,24)/b17-8+. The lowest BCUT2D eigenvalue weighted by Crippen LogP contribution is -2.26. The molecule has 0 aliphatic heterocycles. The van der Waals surface area contributed by atoms with Gasteiger partial charge < -0.3 is 9.47 Å². The molecule has 0 bridgehead atoms. The molecule has 0 aliphatic carbocycles. The zero-order chi connectivity index (χ0) is 19.6. The molecule has 0 saturated heterocycles. The number of amides is 1. The Labute approximate surface area is 158 Å². The Morgan fingerprint density at radius 2 is 2.19 bits per heavy atom. The topological polar surface area (TPSA) is 139 Å². The van der Waals surface area contributed by atoms with Crippen LogP contribution >= 0.6 is 11.8 Å². The predicted octanol–water partition coefficient (Wildman–Crippen LogP) is 0.498. The Balaban J connectivity index is 1.91. The number of carbonyl (C=O) groups is 1. The van der Waals surface area contributed by atoms with Crippen LogP contribution in [0.15, 0.2) is 37.9 Å². The number of hydrogen-bond acceptors (Lipinski definition) is 8. The van der Waals surface area contributed by atoms with Crippen molar-refractivity contribution in [3.8, 4) is 11.5 Å². The van der Waals surface area contributed by atoms with Crippen LogP contribution in [0.5, 0.6) is 11.5 Å². The first kappa shape index (κ1) is 20.2. The van der Waals surface area contributed by atoms with Gasteiger partial charge in [0, 0.05) is 0 Å². The second-order valence-electron chi connectivity index (χ2n) is 5.15. The highest BCUT2D eigenvalue weighted by molar-refractivity contribution is 7.99. The van der Waals surface area contributed by atoms with Gasteiger partial charge >= 0.3 is 5.69 Å². The average molecular weight is 393 g/mol. The minimum Gasteiger partial charge on any atom is -0.493 e. The van der Waals surface area contributed by atoms with E-state index < -0.39 is 17.2 Å². The summed E-state index contributed by atoms with van der Waals surface area (Å²) in [6.07, 6.45) is 2.33. The van der Waals surface area contributed by atoms with Gasteiger partial charge in [-0.05, 0) is 30.2 Å². The summed E-state index contributed by atoms with van der Waals surface area (Å²) in [7, 11) is 1.56. The molecule has 1 aromatic heterocycles. The van der Waals surface area contributed by atoms with Crippen molar-refractivity contribution in [2.45, 2.75) is 18.4 Å². The van der Waals surface area contributed by atoms with E-state index in [-0.39, 0.29) is 10.8 Å². The number of methoxy groups -OCH3 is 1.